The maximum absolute atomic E-state index is 4.66. The molecule has 1 spiro atoms. The minimum absolute atomic E-state index is 0.291. The van der Waals surface area contributed by atoms with Crippen molar-refractivity contribution in [3.05, 3.63) is 22.3 Å². The molecule has 1 aliphatic carbocycles. The fourth-order valence-corrected chi connectivity index (χ4v) is 3.99. The number of aryl methyl sites for hydroxylation is 1. The molecule has 104 valence electrons. The van der Waals surface area contributed by atoms with Gasteiger partial charge in [0.25, 0.3) is 0 Å². The first-order valence-corrected chi connectivity index (χ1v) is 8.12. The van der Waals surface area contributed by atoms with Crippen LogP contribution < -0.4 is 10.2 Å². The third-order valence-corrected chi connectivity index (χ3v) is 5.62. The zero-order valence-corrected chi connectivity index (χ0v) is 13.2. The van der Waals surface area contributed by atoms with Crippen molar-refractivity contribution >= 4 is 21.7 Å². The highest BCUT2D eigenvalue weighted by atomic mass is 79.9. The van der Waals surface area contributed by atoms with Gasteiger partial charge in [0.2, 0.25) is 0 Å². The van der Waals surface area contributed by atoms with Crippen LogP contribution in [-0.4, -0.2) is 30.2 Å². The van der Waals surface area contributed by atoms with Crippen molar-refractivity contribution in [2.24, 2.45) is 0 Å². The van der Waals surface area contributed by atoms with E-state index in [0.29, 0.717) is 5.54 Å². The summed E-state index contributed by atoms with van der Waals surface area (Å²) in [5.41, 5.74) is 1.56. The van der Waals surface area contributed by atoms with Gasteiger partial charge in [-0.3, -0.25) is 0 Å². The molecule has 4 heteroatoms. The standard InChI is InChI=1S/C15H22BrN3/c1-12-5-8-18-14(13(12)16)19-10-9-17-11-15(19)6-3-2-4-7-15/h5,8,17H,2-4,6-7,9-11H2,1H3. The molecule has 0 atom stereocenters. The lowest BCUT2D eigenvalue weighted by Gasteiger charge is -2.50. The second kappa shape index (κ2) is 5.41. The molecular formula is C15H22BrN3. The molecule has 0 bridgehead atoms. The van der Waals surface area contributed by atoms with Crippen LogP contribution in [0.2, 0.25) is 0 Å². The van der Waals surface area contributed by atoms with Gasteiger partial charge in [-0.1, -0.05) is 19.3 Å². The summed E-state index contributed by atoms with van der Waals surface area (Å²) in [5.74, 6) is 1.14. The second-order valence-corrected chi connectivity index (χ2v) is 6.67. The first-order chi connectivity index (χ1) is 9.23. The smallest absolute Gasteiger partial charge is 0.143 e. The van der Waals surface area contributed by atoms with Crippen LogP contribution in [0.15, 0.2) is 16.7 Å². The first-order valence-electron chi connectivity index (χ1n) is 7.32. The van der Waals surface area contributed by atoms with Gasteiger partial charge in [-0.2, -0.15) is 0 Å². The lowest BCUT2D eigenvalue weighted by molar-refractivity contribution is 0.239. The number of pyridine rings is 1. The summed E-state index contributed by atoms with van der Waals surface area (Å²) in [6, 6.07) is 2.07. The SMILES string of the molecule is Cc1ccnc(N2CCNCC23CCCCC3)c1Br. The number of rotatable bonds is 1. The van der Waals surface area contributed by atoms with E-state index in [1.807, 2.05) is 6.20 Å². The Morgan fingerprint density at radius 1 is 1.32 bits per heavy atom. The van der Waals surface area contributed by atoms with E-state index in [2.05, 4.69) is 44.1 Å². The molecule has 0 unspecified atom stereocenters. The van der Waals surface area contributed by atoms with Gasteiger partial charge in [0.05, 0.1) is 10.0 Å². The van der Waals surface area contributed by atoms with Crippen molar-refractivity contribution in [3.63, 3.8) is 0 Å². The summed E-state index contributed by atoms with van der Waals surface area (Å²) in [6.07, 6.45) is 8.61. The Balaban J connectivity index is 1.98. The Morgan fingerprint density at radius 3 is 2.89 bits per heavy atom. The predicted octanol–water partition coefficient (Wildman–Crippen LogP) is 3.27. The summed E-state index contributed by atoms with van der Waals surface area (Å²) in [4.78, 5) is 7.23. The largest absolute Gasteiger partial charge is 0.347 e. The highest BCUT2D eigenvalue weighted by Gasteiger charge is 2.41. The lowest BCUT2D eigenvalue weighted by Crippen LogP contribution is -2.62. The average Bonchev–Trinajstić information content (AvgIpc) is 2.44. The van der Waals surface area contributed by atoms with Crippen LogP contribution in [0.5, 0.6) is 0 Å². The predicted molar refractivity (Wildman–Crippen MR) is 82.7 cm³/mol. The molecule has 1 saturated heterocycles. The molecule has 3 rings (SSSR count). The molecule has 2 heterocycles. The van der Waals surface area contributed by atoms with E-state index in [9.17, 15) is 0 Å². The monoisotopic (exact) mass is 323 g/mol. The van der Waals surface area contributed by atoms with Crippen molar-refractivity contribution in [1.29, 1.82) is 0 Å². The van der Waals surface area contributed by atoms with Gasteiger partial charge >= 0.3 is 0 Å². The van der Waals surface area contributed by atoms with Crippen LogP contribution in [0.25, 0.3) is 0 Å². The van der Waals surface area contributed by atoms with Gasteiger partial charge in [-0.25, -0.2) is 4.98 Å². The number of nitrogens with one attached hydrogen (secondary N) is 1. The molecule has 19 heavy (non-hydrogen) atoms. The number of halogens is 1. The number of piperazine rings is 1. The third kappa shape index (κ3) is 2.40. The van der Waals surface area contributed by atoms with E-state index in [1.165, 1.54) is 42.1 Å². The van der Waals surface area contributed by atoms with Gasteiger partial charge in [0.15, 0.2) is 0 Å². The third-order valence-electron chi connectivity index (χ3n) is 4.64. The fraction of sp³-hybridized carbons (Fsp3) is 0.667. The zero-order chi connectivity index (χ0) is 13.3. The molecule has 2 fully saturated rings. The van der Waals surface area contributed by atoms with Crippen LogP contribution in [0.4, 0.5) is 5.82 Å². The van der Waals surface area contributed by atoms with Crippen LogP contribution >= 0.6 is 15.9 Å². The number of hydrogen-bond donors (Lipinski definition) is 1. The van der Waals surface area contributed by atoms with Gasteiger partial charge < -0.3 is 10.2 Å². The van der Waals surface area contributed by atoms with E-state index < -0.39 is 0 Å². The fourth-order valence-electron chi connectivity index (χ4n) is 3.55. The summed E-state index contributed by atoms with van der Waals surface area (Å²) in [7, 11) is 0. The van der Waals surface area contributed by atoms with Crippen molar-refractivity contribution in [1.82, 2.24) is 10.3 Å². The van der Waals surface area contributed by atoms with Gasteiger partial charge in [0, 0.05) is 25.8 Å². The first kappa shape index (κ1) is 13.4. The molecule has 1 aromatic heterocycles. The van der Waals surface area contributed by atoms with Crippen molar-refractivity contribution in [2.45, 2.75) is 44.6 Å². The Morgan fingerprint density at radius 2 is 2.11 bits per heavy atom. The summed E-state index contributed by atoms with van der Waals surface area (Å²) in [6.45, 7) is 5.37. The van der Waals surface area contributed by atoms with E-state index in [1.54, 1.807) is 0 Å². The molecule has 0 radical (unpaired) electrons. The molecule has 1 saturated carbocycles. The van der Waals surface area contributed by atoms with Crippen molar-refractivity contribution < 1.29 is 0 Å². The maximum atomic E-state index is 4.66. The summed E-state index contributed by atoms with van der Waals surface area (Å²) >= 11 is 3.74. The summed E-state index contributed by atoms with van der Waals surface area (Å²) in [5, 5.41) is 3.59. The molecule has 1 aliphatic heterocycles. The number of anilines is 1. The van der Waals surface area contributed by atoms with Gasteiger partial charge in [0.1, 0.15) is 5.82 Å². The van der Waals surface area contributed by atoms with Gasteiger partial charge in [-0.15, -0.1) is 0 Å². The van der Waals surface area contributed by atoms with Crippen LogP contribution in [-0.2, 0) is 0 Å². The van der Waals surface area contributed by atoms with Crippen LogP contribution in [0.1, 0.15) is 37.7 Å². The number of hydrogen-bond acceptors (Lipinski definition) is 3. The molecule has 1 aromatic rings. The Hall–Kier alpha value is -0.610. The van der Waals surface area contributed by atoms with Crippen molar-refractivity contribution in [3.8, 4) is 0 Å². The molecule has 0 amide bonds. The quantitative estimate of drug-likeness (QED) is 0.859. The van der Waals surface area contributed by atoms with Crippen LogP contribution in [0, 0.1) is 6.92 Å². The Kier molecular flexibility index (Phi) is 3.81. The maximum Gasteiger partial charge on any atom is 0.143 e. The van der Waals surface area contributed by atoms with E-state index in [-0.39, 0.29) is 0 Å². The number of aromatic nitrogens is 1. The highest BCUT2D eigenvalue weighted by molar-refractivity contribution is 9.10. The molecule has 1 N–H and O–H groups in total. The van der Waals surface area contributed by atoms with Crippen molar-refractivity contribution in [2.75, 3.05) is 24.5 Å². The summed E-state index contributed by atoms with van der Waals surface area (Å²) < 4.78 is 1.17. The van der Waals surface area contributed by atoms with E-state index >= 15 is 0 Å². The average molecular weight is 324 g/mol. The molecule has 0 aromatic carbocycles. The topological polar surface area (TPSA) is 28.2 Å². The second-order valence-electron chi connectivity index (χ2n) is 5.88. The Labute approximate surface area is 123 Å². The van der Waals surface area contributed by atoms with Crippen LogP contribution in [0.3, 0.4) is 0 Å². The minimum atomic E-state index is 0.291. The number of nitrogens with zero attached hydrogens (tertiary/aromatic N) is 2. The molecule has 3 nitrogen and oxygen atoms in total. The van der Waals surface area contributed by atoms with E-state index in [4.69, 9.17) is 0 Å². The lowest BCUT2D eigenvalue weighted by atomic mass is 9.79. The molecule has 2 aliphatic rings. The highest BCUT2D eigenvalue weighted by Crippen LogP contribution is 2.39. The van der Waals surface area contributed by atoms with E-state index in [0.717, 1.165) is 25.5 Å². The Bertz CT molecular complexity index is 446. The zero-order valence-electron chi connectivity index (χ0n) is 11.6. The van der Waals surface area contributed by atoms with Gasteiger partial charge in [-0.05, 0) is 47.3 Å². The minimum Gasteiger partial charge on any atom is -0.347 e. The normalized spacial score (nSPS) is 22.7. The molecular weight excluding hydrogens is 302 g/mol.